The number of thioether (sulfide) groups is 1. The van der Waals surface area contributed by atoms with Gasteiger partial charge in [-0.25, -0.2) is 4.98 Å². The summed E-state index contributed by atoms with van der Waals surface area (Å²) in [4.78, 5) is 35.6. The van der Waals surface area contributed by atoms with E-state index in [4.69, 9.17) is 14.7 Å². The van der Waals surface area contributed by atoms with E-state index in [2.05, 4.69) is 6.07 Å². The molecule has 0 bridgehead atoms. The number of aryl methyl sites for hydroxylation is 2. The summed E-state index contributed by atoms with van der Waals surface area (Å²) in [5, 5.41) is 10.5. The first-order valence-electron chi connectivity index (χ1n) is 12.0. The summed E-state index contributed by atoms with van der Waals surface area (Å²) in [6.45, 7) is 0.670. The van der Waals surface area contributed by atoms with E-state index < -0.39 is 0 Å². The lowest BCUT2D eigenvalue weighted by molar-refractivity contribution is -0.129. The Labute approximate surface area is 206 Å². The molecule has 34 heavy (non-hydrogen) atoms. The van der Waals surface area contributed by atoms with Crippen LogP contribution in [0.25, 0.3) is 10.2 Å². The van der Waals surface area contributed by atoms with E-state index in [0.29, 0.717) is 24.0 Å². The van der Waals surface area contributed by atoms with Crippen molar-refractivity contribution >= 4 is 39.2 Å². The summed E-state index contributed by atoms with van der Waals surface area (Å²) in [7, 11) is 0. The molecule has 0 N–H and O–H groups in total. The minimum Gasteiger partial charge on any atom is -0.467 e. The van der Waals surface area contributed by atoms with Crippen molar-refractivity contribution in [2.45, 2.75) is 75.5 Å². The summed E-state index contributed by atoms with van der Waals surface area (Å²) in [5.41, 5.74) is 1.28. The van der Waals surface area contributed by atoms with Gasteiger partial charge in [0.05, 0.1) is 36.4 Å². The largest absolute Gasteiger partial charge is 0.467 e. The Morgan fingerprint density at radius 2 is 2.12 bits per heavy atom. The van der Waals surface area contributed by atoms with Gasteiger partial charge in [-0.2, -0.15) is 5.26 Å². The second kappa shape index (κ2) is 10.4. The molecule has 0 aliphatic heterocycles. The van der Waals surface area contributed by atoms with Crippen molar-refractivity contribution in [1.29, 1.82) is 5.26 Å². The maximum atomic E-state index is 13.8. The predicted molar refractivity (Wildman–Crippen MR) is 133 cm³/mol. The van der Waals surface area contributed by atoms with Gasteiger partial charge in [-0.1, -0.05) is 24.6 Å². The molecule has 1 fully saturated rings. The number of rotatable bonds is 8. The van der Waals surface area contributed by atoms with Gasteiger partial charge in [0.2, 0.25) is 5.91 Å². The zero-order valence-electron chi connectivity index (χ0n) is 19.1. The molecular formula is C25H28N4O3S2. The van der Waals surface area contributed by atoms with Crippen molar-refractivity contribution in [2.75, 3.05) is 12.3 Å². The van der Waals surface area contributed by atoms with Gasteiger partial charge in [-0.15, -0.1) is 11.3 Å². The van der Waals surface area contributed by atoms with Crippen molar-refractivity contribution in [3.8, 4) is 6.07 Å². The van der Waals surface area contributed by atoms with Gasteiger partial charge in [0.1, 0.15) is 10.6 Å². The van der Waals surface area contributed by atoms with Crippen molar-refractivity contribution in [3.63, 3.8) is 0 Å². The Kier molecular flexibility index (Phi) is 7.07. The molecule has 1 amide bonds. The van der Waals surface area contributed by atoms with Crippen LogP contribution < -0.4 is 5.56 Å². The second-order valence-electron chi connectivity index (χ2n) is 8.99. The quantitative estimate of drug-likeness (QED) is 0.319. The third-order valence-electron chi connectivity index (χ3n) is 6.78. The van der Waals surface area contributed by atoms with Crippen LogP contribution in [0, 0.1) is 11.3 Å². The van der Waals surface area contributed by atoms with Crippen LogP contribution in [0.3, 0.4) is 0 Å². The van der Waals surface area contributed by atoms with Crippen molar-refractivity contribution < 1.29 is 9.21 Å². The predicted octanol–water partition coefficient (Wildman–Crippen LogP) is 5.08. The number of carbonyl (C=O) groups is 1. The van der Waals surface area contributed by atoms with Gasteiger partial charge in [-0.05, 0) is 56.2 Å². The summed E-state index contributed by atoms with van der Waals surface area (Å²) in [6, 6.07) is 5.88. The molecule has 2 aliphatic carbocycles. The summed E-state index contributed by atoms with van der Waals surface area (Å²) >= 11 is 3.00. The van der Waals surface area contributed by atoms with E-state index in [1.165, 1.54) is 28.6 Å². The minimum atomic E-state index is -0.0885. The molecule has 5 rings (SSSR count). The highest BCUT2D eigenvalue weighted by atomic mass is 32.2. The Balaban J connectivity index is 1.44. The lowest BCUT2D eigenvalue weighted by Gasteiger charge is -2.22. The fourth-order valence-corrected chi connectivity index (χ4v) is 7.34. The van der Waals surface area contributed by atoms with Crippen LogP contribution in [0.4, 0.5) is 0 Å². The number of nitriles is 1. The SMILES string of the molecule is N#CCCN(Cc1ccco1)C(=O)CSc1nc2sc3c(c2c(=O)n1C1CCCC1)CCCC3. The number of hydrogen-bond acceptors (Lipinski definition) is 7. The molecule has 0 saturated heterocycles. The molecule has 0 aromatic carbocycles. The number of amides is 1. The van der Waals surface area contributed by atoms with Crippen LogP contribution >= 0.6 is 23.1 Å². The first-order valence-corrected chi connectivity index (χ1v) is 13.8. The highest BCUT2D eigenvalue weighted by Gasteiger charge is 2.27. The topological polar surface area (TPSA) is 92.1 Å². The Morgan fingerprint density at radius 3 is 2.88 bits per heavy atom. The zero-order valence-corrected chi connectivity index (χ0v) is 20.8. The lowest BCUT2D eigenvalue weighted by Crippen LogP contribution is -2.33. The number of carbonyl (C=O) groups excluding carboxylic acids is 1. The fraction of sp³-hybridized carbons (Fsp3) is 0.520. The highest BCUT2D eigenvalue weighted by molar-refractivity contribution is 7.99. The molecule has 1 saturated carbocycles. The average molecular weight is 497 g/mol. The van der Waals surface area contributed by atoms with Crippen LogP contribution in [-0.2, 0) is 24.2 Å². The number of fused-ring (bicyclic) bond motifs is 3. The third kappa shape index (κ3) is 4.66. The Hall–Kier alpha value is -2.57. The zero-order chi connectivity index (χ0) is 23.5. The molecular weight excluding hydrogens is 468 g/mol. The van der Waals surface area contributed by atoms with E-state index in [-0.39, 0.29) is 29.7 Å². The van der Waals surface area contributed by atoms with E-state index >= 15 is 0 Å². The van der Waals surface area contributed by atoms with Gasteiger partial charge < -0.3 is 9.32 Å². The third-order valence-corrected chi connectivity index (χ3v) is 8.90. The Morgan fingerprint density at radius 1 is 1.29 bits per heavy atom. The molecule has 3 aromatic rings. The number of furan rings is 1. The monoisotopic (exact) mass is 496 g/mol. The smallest absolute Gasteiger partial charge is 0.263 e. The fourth-order valence-electron chi connectivity index (χ4n) is 5.07. The van der Waals surface area contributed by atoms with E-state index in [1.807, 2.05) is 10.6 Å². The first-order chi connectivity index (χ1) is 16.7. The summed E-state index contributed by atoms with van der Waals surface area (Å²) in [5.74, 6) is 0.763. The van der Waals surface area contributed by atoms with Crippen molar-refractivity contribution in [1.82, 2.24) is 14.5 Å². The number of aromatic nitrogens is 2. The van der Waals surface area contributed by atoms with Gasteiger partial charge >= 0.3 is 0 Å². The molecule has 3 heterocycles. The van der Waals surface area contributed by atoms with Crippen molar-refractivity contribution in [3.05, 3.63) is 45.0 Å². The number of nitrogens with zero attached hydrogens (tertiary/aromatic N) is 4. The molecule has 0 radical (unpaired) electrons. The van der Waals surface area contributed by atoms with E-state index in [9.17, 15) is 9.59 Å². The molecule has 0 spiro atoms. The second-order valence-corrected chi connectivity index (χ2v) is 11.0. The minimum absolute atomic E-state index is 0.0724. The summed E-state index contributed by atoms with van der Waals surface area (Å²) in [6.07, 6.45) is 10.3. The molecule has 178 valence electrons. The highest BCUT2D eigenvalue weighted by Crippen LogP contribution is 2.37. The van der Waals surface area contributed by atoms with Crippen LogP contribution in [0.2, 0.25) is 0 Å². The molecule has 0 atom stereocenters. The maximum absolute atomic E-state index is 13.8. The lowest BCUT2D eigenvalue weighted by atomic mass is 9.97. The molecule has 3 aromatic heterocycles. The van der Waals surface area contributed by atoms with Gasteiger partial charge in [0.15, 0.2) is 5.16 Å². The van der Waals surface area contributed by atoms with E-state index in [0.717, 1.165) is 55.2 Å². The van der Waals surface area contributed by atoms with Crippen LogP contribution in [0.5, 0.6) is 0 Å². The molecule has 9 heteroatoms. The van der Waals surface area contributed by atoms with Crippen LogP contribution in [0.1, 0.15) is 67.2 Å². The molecule has 2 aliphatic rings. The van der Waals surface area contributed by atoms with Gasteiger partial charge in [0, 0.05) is 17.5 Å². The first kappa shape index (κ1) is 23.2. The van der Waals surface area contributed by atoms with Crippen molar-refractivity contribution in [2.24, 2.45) is 0 Å². The Bertz CT molecular complexity index is 1270. The normalized spacial score (nSPS) is 16.0. The summed E-state index contributed by atoms with van der Waals surface area (Å²) < 4.78 is 7.30. The molecule has 7 nitrogen and oxygen atoms in total. The van der Waals surface area contributed by atoms with Crippen LogP contribution in [0.15, 0.2) is 32.8 Å². The standard InChI is InChI=1S/C25H28N4O3S2/c26-12-6-13-28(15-18-9-5-14-32-18)21(30)16-33-25-27-23-22(19-10-3-4-11-20(19)34-23)24(31)29(25)17-7-1-2-8-17/h5,9,14,17H,1-4,6-8,10-11,13,15-16H2. The number of hydrogen-bond donors (Lipinski definition) is 0. The van der Waals surface area contributed by atoms with Crippen LogP contribution in [-0.4, -0.2) is 32.7 Å². The van der Waals surface area contributed by atoms with Gasteiger partial charge in [-0.3, -0.25) is 14.2 Å². The number of thiophene rings is 1. The maximum Gasteiger partial charge on any atom is 0.263 e. The van der Waals surface area contributed by atoms with Gasteiger partial charge in [0.25, 0.3) is 5.56 Å². The molecule has 0 unspecified atom stereocenters. The average Bonchev–Trinajstić information content (AvgIpc) is 3.61. The van der Waals surface area contributed by atoms with E-state index in [1.54, 1.807) is 28.6 Å².